The molecule has 0 aromatic carbocycles. The van der Waals surface area contributed by atoms with Gasteiger partial charge in [0.25, 0.3) is 0 Å². The summed E-state index contributed by atoms with van der Waals surface area (Å²) in [6.45, 7) is 3.77. The van der Waals surface area contributed by atoms with E-state index < -0.39 is 6.10 Å². The van der Waals surface area contributed by atoms with E-state index in [-0.39, 0.29) is 0 Å². The van der Waals surface area contributed by atoms with Crippen LogP contribution < -0.4 is 0 Å². The fraction of sp³-hybridized carbons (Fsp3) is 0.714. The Bertz CT molecular complexity index is 244. The molecule has 1 aromatic rings. The molecule has 0 spiro atoms. The highest BCUT2D eigenvalue weighted by molar-refractivity contribution is 4.95. The molecular formula is C7H13N3O. The lowest BCUT2D eigenvalue weighted by atomic mass is 10.2. The van der Waals surface area contributed by atoms with Crippen molar-refractivity contribution in [2.24, 2.45) is 7.05 Å². The van der Waals surface area contributed by atoms with Crippen molar-refractivity contribution in [1.82, 2.24) is 14.8 Å². The lowest BCUT2D eigenvalue weighted by Gasteiger charge is -2.05. The Hall–Kier alpha value is -0.900. The summed E-state index contributed by atoms with van der Waals surface area (Å²) in [5.41, 5.74) is 0. The van der Waals surface area contributed by atoms with Crippen LogP contribution in [0.3, 0.4) is 0 Å². The maximum atomic E-state index is 9.40. The van der Waals surface area contributed by atoms with Crippen LogP contribution in [0.2, 0.25) is 0 Å². The zero-order valence-corrected chi connectivity index (χ0v) is 7.07. The summed E-state index contributed by atoms with van der Waals surface area (Å²) in [5.74, 6) is 1.47. The third-order valence-electron chi connectivity index (χ3n) is 1.81. The van der Waals surface area contributed by atoms with Gasteiger partial charge in [-0.15, -0.1) is 10.2 Å². The predicted molar refractivity (Wildman–Crippen MR) is 41.0 cm³/mol. The van der Waals surface area contributed by atoms with Crippen molar-refractivity contribution >= 4 is 0 Å². The maximum absolute atomic E-state index is 9.40. The fourth-order valence-electron chi connectivity index (χ4n) is 0.896. The van der Waals surface area contributed by atoms with Crippen molar-refractivity contribution in [3.05, 3.63) is 11.6 Å². The van der Waals surface area contributed by atoms with Crippen molar-refractivity contribution in [2.45, 2.75) is 26.4 Å². The first-order chi connectivity index (χ1) is 5.16. The minimum atomic E-state index is -0.485. The van der Waals surface area contributed by atoms with Gasteiger partial charge in [-0.3, -0.25) is 0 Å². The molecule has 1 aromatic heterocycles. The van der Waals surface area contributed by atoms with Crippen molar-refractivity contribution in [3.63, 3.8) is 0 Å². The van der Waals surface area contributed by atoms with Crippen molar-refractivity contribution in [1.29, 1.82) is 0 Å². The van der Waals surface area contributed by atoms with Gasteiger partial charge in [0.2, 0.25) is 0 Å². The Morgan fingerprint density at radius 3 is 2.55 bits per heavy atom. The van der Waals surface area contributed by atoms with E-state index in [2.05, 4.69) is 10.2 Å². The summed E-state index contributed by atoms with van der Waals surface area (Å²) < 4.78 is 1.80. The molecule has 0 aliphatic heterocycles. The molecule has 0 saturated heterocycles. The molecule has 0 fully saturated rings. The molecule has 1 unspecified atom stereocenters. The molecule has 1 heterocycles. The van der Waals surface area contributed by atoms with E-state index in [9.17, 15) is 5.11 Å². The lowest BCUT2D eigenvalue weighted by molar-refractivity contribution is 0.159. The third kappa shape index (κ3) is 1.40. The maximum Gasteiger partial charge on any atom is 0.161 e. The summed E-state index contributed by atoms with van der Waals surface area (Å²) in [7, 11) is 1.85. The summed E-state index contributed by atoms with van der Waals surface area (Å²) in [5, 5.41) is 17.1. The van der Waals surface area contributed by atoms with Gasteiger partial charge >= 0.3 is 0 Å². The Labute approximate surface area is 65.9 Å². The number of rotatable bonds is 2. The van der Waals surface area contributed by atoms with E-state index >= 15 is 0 Å². The topological polar surface area (TPSA) is 50.9 Å². The molecule has 0 bridgehead atoms. The van der Waals surface area contributed by atoms with Crippen LogP contribution in [0.15, 0.2) is 0 Å². The van der Waals surface area contributed by atoms with Gasteiger partial charge in [0.1, 0.15) is 11.9 Å². The molecule has 0 aliphatic carbocycles. The zero-order chi connectivity index (χ0) is 8.43. The van der Waals surface area contributed by atoms with Crippen LogP contribution in [-0.4, -0.2) is 19.9 Å². The Balaban J connectivity index is 2.94. The zero-order valence-electron chi connectivity index (χ0n) is 7.07. The molecule has 1 rings (SSSR count). The van der Waals surface area contributed by atoms with E-state index in [4.69, 9.17) is 0 Å². The van der Waals surface area contributed by atoms with Gasteiger partial charge in [0.15, 0.2) is 5.82 Å². The van der Waals surface area contributed by atoms with Gasteiger partial charge < -0.3 is 9.67 Å². The van der Waals surface area contributed by atoms with E-state index in [1.807, 2.05) is 20.9 Å². The quantitative estimate of drug-likeness (QED) is 0.679. The van der Waals surface area contributed by atoms with Crippen LogP contribution in [0.1, 0.15) is 31.1 Å². The van der Waals surface area contributed by atoms with E-state index in [1.54, 1.807) is 4.57 Å². The highest BCUT2D eigenvalue weighted by Crippen LogP contribution is 2.12. The third-order valence-corrected chi connectivity index (χ3v) is 1.81. The monoisotopic (exact) mass is 155 g/mol. The molecule has 1 atom stereocenters. The van der Waals surface area contributed by atoms with Gasteiger partial charge in [0.05, 0.1) is 0 Å². The highest BCUT2D eigenvalue weighted by Gasteiger charge is 2.12. The molecule has 0 saturated carbocycles. The first-order valence-electron chi connectivity index (χ1n) is 3.70. The summed E-state index contributed by atoms with van der Waals surface area (Å²) in [6.07, 6.45) is 0.188. The van der Waals surface area contributed by atoms with E-state index in [0.29, 0.717) is 12.2 Å². The molecule has 11 heavy (non-hydrogen) atoms. The Morgan fingerprint density at radius 2 is 2.18 bits per heavy atom. The minimum Gasteiger partial charge on any atom is -0.385 e. The van der Waals surface area contributed by atoms with Crippen LogP contribution in [0.4, 0.5) is 0 Å². The van der Waals surface area contributed by atoms with Crippen molar-refractivity contribution < 1.29 is 5.11 Å². The molecule has 0 aliphatic rings. The first kappa shape index (κ1) is 8.20. The fourth-order valence-corrected chi connectivity index (χ4v) is 0.896. The van der Waals surface area contributed by atoms with Gasteiger partial charge in [-0.2, -0.15) is 0 Å². The Morgan fingerprint density at radius 1 is 1.55 bits per heavy atom. The van der Waals surface area contributed by atoms with Crippen molar-refractivity contribution in [3.8, 4) is 0 Å². The molecule has 0 amide bonds. The highest BCUT2D eigenvalue weighted by atomic mass is 16.3. The van der Waals surface area contributed by atoms with E-state index in [0.717, 1.165) is 5.82 Å². The molecular weight excluding hydrogens is 142 g/mol. The largest absolute Gasteiger partial charge is 0.385 e. The Kier molecular flexibility index (Phi) is 2.24. The summed E-state index contributed by atoms with van der Waals surface area (Å²) in [4.78, 5) is 0. The molecule has 4 heteroatoms. The average molecular weight is 155 g/mol. The number of aliphatic hydroxyl groups is 1. The van der Waals surface area contributed by atoms with Crippen molar-refractivity contribution in [2.75, 3.05) is 0 Å². The summed E-state index contributed by atoms with van der Waals surface area (Å²) >= 11 is 0. The normalized spacial score (nSPS) is 13.5. The van der Waals surface area contributed by atoms with Gasteiger partial charge in [-0.05, 0) is 13.3 Å². The SMILES string of the molecule is CCC(O)c1nnc(C)n1C. The molecule has 4 nitrogen and oxygen atoms in total. The van der Waals surface area contributed by atoms with Crippen LogP contribution in [0.5, 0.6) is 0 Å². The number of hydrogen-bond acceptors (Lipinski definition) is 3. The number of aryl methyl sites for hydroxylation is 1. The summed E-state index contributed by atoms with van der Waals surface area (Å²) in [6, 6.07) is 0. The minimum absolute atomic E-state index is 0.485. The first-order valence-corrected chi connectivity index (χ1v) is 3.70. The average Bonchev–Trinajstić information content (AvgIpc) is 2.32. The van der Waals surface area contributed by atoms with Gasteiger partial charge in [-0.1, -0.05) is 6.92 Å². The second kappa shape index (κ2) is 3.00. The molecule has 0 radical (unpaired) electrons. The second-order valence-corrected chi connectivity index (χ2v) is 2.59. The standard InChI is InChI=1S/C7H13N3O/c1-4-6(11)7-9-8-5(2)10(7)3/h6,11H,4H2,1-3H3. The molecule has 1 N–H and O–H groups in total. The predicted octanol–water partition coefficient (Wildman–Crippen LogP) is 0.567. The van der Waals surface area contributed by atoms with Gasteiger partial charge in [-0.25, -0.2) is 0 Å². The van der Waals surface area contributed by atoms with Crippen LogP contribution in [-0.2, 0) is 7.05 Å². The second-order valence-electron chi connectivity index (χ2n) is 2.59. The van der Waals surface area contributed by atoms with Gasteiger partial charge in [0, 0.05) is 7.05 Å². The number of aromatic nitrogens is 3. The number of hydrogen-bond donors (Lipinski definition) is 1. The number of nitrogens with zero attached hydrogens (tertiary/aromatic N) is 3. The van der Waals surface area contributed by atoms with E-state index in [1.165, 1.54) is 0 Å². The smallest absolute Gasteiger partial charge is 0.161 e. The lowest BCUT2D eigenvalue weighted by Crippen LogP contribution is -2.05. The van der Waals surface area contributed by atoms with Crippen LogP contribution in [0, 0.1) is 6.92 Å². The molecule has 62 valence electrons. The van der Waals surface area contributed by atoms with Crippen LogP contribution in [0.25, 0.3) is 0 Å². The number of aliphatic hydroxyl groups excluding tert-OH is 1. The van der Waals surface area contributed by atoms with Crippen LogP contribution >= 0.6 is 0 Å².